The van der Waals surface area contributed by atoms with Crippen molar-refractivity contribution in [3.63, 3.8) is 0 Å². The molecule has 1 amide bonds. The third kappa shape index (κ3) is 4.05. The highest BCUT2D eigenvalue weighted by Gasteiger charge is 2.34. The normalized spacial score (nSPS) is 21.2. The number of nitriles is 1. The molecule has 2 heterocycles. The minimum atomic E-state index is -0.629. The number of rotatable bonds is 4. The molecule has 0 radical (unpaired) electrons. The fourth-order valence-electron chi connectivity index (χ4n) is 3.51. The van der Waals surface area contributed by atoms with E-state index in [-0.39, 0.29) is 5.91 Å². The Morgan fingerprint density at radius 2 is 2.04 bits per heavy atom. The van der Waals surface area contributed by atoms with E-state index in [0.717, 1.165) is 69.1 Å². The zero-order valence-corrected chi connectivity index (χ0v) is 15.1. The fraction of sp³-hybridized carbons (Fsp3) is 0.706. The van der Waals surface area contributed by atoms with Crippen molar-refractivity contribution in [3.05, 3.63) is 11.1 Å². The van der Waals surface area contributed by atoms with Crippen LogP contribution in [0.3, 0.4) is 0 Å². The van der Waals surface area contributed by atoms with Crippen LogP contribution in [0.5, 0.6) is 0 Å². The van der Waals surface area contributed by atoms with E-state index in [9.17, 15) is 10.1 Å². The fourth-order valence-corrected chi connectivity index (χ4v) is 4.37. The number of piperazine rings is 1. The maximum absolute atomic E-state index is 12.4. The Hall–Kier alpha value is -1.65. The second-order valence-corrected chi connectivity index (χ2v) is 7.67. The number of anilines is 1. The lowest BCUT2D eigenvalue weighted by Crippen LogP contribution is -2.54. The molecule has 1 aromatic rings. The van der Waals surface area contributed by atoms with Gasteiger partial charge in [-0.1, -0.05) is 19.3 Å². The van der Waals surface area contributed by atoms with E-state index >= 15 is 0 Å². The molecule has 1 aliphatic carbocycles. The molecule has 1 aromatic heterocycles. The summed E-state index contributed by atoms with van der Waals surface area (Å²) in [5.41, 5.74) is 0.432. The van der Waals surface area contributed by atoms with E-state index in [4.69, 9.17) is 0 Å². The lowest BCUT2D eigenvalue weighted by molar-refractivity contribution is -0.124. The zero-order valence-electron chi connectivity index (χ0n) is 14.3. The second-order valence-electron chi connectivity index (χ2n) is 6.84. The highest BCUT2D eigenvalue weighted by Crippen LogP contribution is 2.27. The Labute approximate surface area is 147 Å². The van der Waals surface area contributed by atoms with E-state index < -0.39 is 5.54 Å². The number of amides is 1. The van der Waals surface area contributed by atoms with Crippen LogP contribution in [0.4, 0.5) is 5.13 Å². The molecule has 0 spiro atoms. The first-order valence-corrected chi connectivity index (χ1v) is 9.60. The molecule has 1 N–H and O–H groups in total. The standard InChI is InChI=1S/C17H25N5OS/c1-14-12-24-16(19-14)22-9-7-21(8-10-22)11-15(23)20-17(13-18)5-3-2-4-6-17/h12H,2-11H2,1H3,(H,20,23). The Balaban J connectivity index is 1.47. The molecule has 2 fully saturated rings. The molecule has 2 aliphatic rings. The summed E-state index contributed by atoms with van der Waals surface area (Å²) in [6.07, 6.45) is 4.79. The van der Waals surface area contributed by atoms with Crippen LogP contribution < -0.4 is 10.2 Å². The van der Waals surface area contributed by atoms with Gasteiger partial charge in [0.15, 0.2) is 5.13 Å². The molecular formula is C17H25N5OS. The molecule has 3 rings (SSSR count). The average molecular weight is 347 g/mol. The Bertz CT molecular complexity index is 609. The minimum absolute atomic E-state index is 0.0167. The van der Waals surface area contributed by atoms with Crippen molar-refractivity contribution < 1.29 is 4.79 Å². The van der Waals surface area contributed by atoms with Crippen molar-refractivity contribution in [2.45, 2.75) is 44.6 Å². The van der Waals surface area contributed by atoms with Gasteiger partial charge in [-0.15, -0.1) is 11.3 Å². The molecule has 7 heteroatoms. The lowest BCUT2D eigenvalue weighted by Gasteiger charge is -2.36. The van der Waals surface area contributed by atoms with Gasteiger partial charge in [0.2, 0.25) is 5.91 Å². The molecule has 0 bridgehead atoms. The summed E-state index contributed by atoms with van der Waals surface area (Å²) in [5, 5.41) is 15.6. The van der Waals surface area contributed by atoms with Crippen LogP contribution in [0.2, 0.25) is 0 Å². The Morgan fingerprint density at radius 3 is 2.62 bits per heavy atom. The summed E-state index contributed by atoms with van der Waals surface area (Å²) in [7, 11) is 0. The van der Waals surface area contributed by atoms with E-state index in [1.54, 1.807) is 11.3 Å². The van der Waals surface area contributed by atoms with Crippen molar-refractivity contribution in [3.8, 4) is 6.07 Å². The van der Waals surface area contributed by atoms with Gasteiger partial charge >= 0.3 is 0 Å². The van der Waals surface area contributed by atoms with Crippen LogP contribution in [0, 0.1) is 18.3 Å². The van der Waals surface area contributed by atoms with Crippen LogP contribution in [0.15, 0.2) is 5.38 Å². The number of hydrogen-bond donors (Lipinski definition) is 1. The van der Waals surface area contributed by atoms with Gasteiger partial charge in [-0.3, -0.25) is 9.69 Å². The maximum Gasteiger partial charge on any atom is 0.235 e. The van der Waals surface area contributed by atoms with Crippen molar-refractivity contribution in [1.82, 2.24) is 15.2 Å². The number of thiazole rings is 1. The van der Waals surface area contributed by atoms with Gasteiger partial charge in [0.25, 0.3) is 0 Å². The molecular weight excluding hydrogens is 322 g/mol. The molecule has 1 aliphatic heterocycles. The van der Waals surface area contributed by atoms with Gasteiger partial charge in [0, 0.05) is 31.6 Å². The molecule has 0 atom stereocenters. The van der Waals surface area contributed by atoms with Gasteiger partial charge < -0.3 is 10.2 Å². The van der Waals surface area contributed by atoms with Crippen LogP contribution in [-0.2, 0) is 4.79 Å². The Morgan fingerprint density at radius 1 is 1.33 bits per heavy atom. The number of carbonyl (C=O) groups excluding carboxylic acids is 1. The summed E-state index contributed by atoms with van der Waals surface area (Å²) in [5.74, 6) is -0.0167. The SMILES string of the molecule is Cc1csc(N2CCN(CC(=O)NC3(C#N)CCCCC3)CC2)n1. The lowest BCUT2D eigenvalue weighted by atomic mass is 9.83. The third-order valence-corrected chi connectivity index (χ3v) is 5.94. The van der Waals surface area contributed by atoms with Crippen molar-refractivity contribution in [2.75, 3.05) is 37.6 Å². The highest BCUT2D eigenvalue weighted by molar-refractivity contribution is 7.13. The largest absolute Gasteiger partial charge is 0.346 e. The minimum Gasteiger partial charge on any atom is -0.346 e. The predicted molar refractivity (Wildman–Crippen MR) is 95.1 cm³/mol. The van der Waals surface area contributed by atoms with Crippen LogP contribution in [0.1, 0.15) is 37.8 Å². The van der Waals surface area contributed by atoms with Gasteiger partial charge in [0.1, 0.15) is 5.54 Å². The van der Waals surface area contributed by atoms with Crippen LogP contribution >= 0.6 is 11.3 Å². The van der Waals surface area contributed by atoms with Gasteiger partial charge in [0.05, 0.1) is 18.3 Å². The number of nitrogens with one attached hydrogen (secondary N) is 1. The van der Waals surface area contributed by atoms with Crippen molar-refractivity contribution in [2.24, 2.45) is 0 Å². The first-order chi connectivity index (χ1) is 11.6. The number of aryl methyl sites for hydroxylation is 1. The summed E-state index contributed by atoms with van der Waals surface area (Å²) in [6, 6.07) is 2.35. The first kappa shape index (κ1) is 17.2. The molecule has 1 saturated heterocycles. The van der Waals surface area contributed by atoms with E-state index in [1.807, 2.05) is 6.92 Å². The zero-order chi connectivity index (χ0) is 17.0. The van der Waals surface area contributed by atoms with E-state index in [2.05, 4.69) is 31.5 Å². The number of hydrogen-bond acceptors (Lipinski definition) is 6. The molecule has 6 nitrogen and oxygen atoms in total. The van der Waals surface area contributed by atoms with Crippen molar-refractivity contribution in [1.29, 1.82) is 5.26 Å². The number of nitrogens with zero attached hydrogens (tertiary/aromatic N) is 4. The monoisotopic (exact) mass is 347 g/mol. The second kappa shape index (κ2) is 7.49. The number of aromatic nitrogens is 1. The molecule has 1 saturated carbocycles. The smallest absolute Gasteiger partial charge is 0.235 e. The van der Waals surface area contributed by atoms with Crippen LogP contribution in [0.25, 0.3) is 0 Å². The summed E-state index contributed by atoms with van der Waals surface area (Å²) in [6.45, 7) is 5.88. The predicted octanol–water partition coefficient (Wildman–Crippen LogP) is 1.92. The van der Waals surface area contributed by atoms with E-state index in [0.29, 0.717) is 6.54 Å². The van der Waals surface area contributed by atoms with Gasteiger partial charge in [-0.05, 0) is 19.8 Å². The maximum atomic E-state index is 12.4. The quantitative estimate of drug-likeness (QED) is 0.901. The highest BCUT2D eigenvalue weighted by atomic mass is 32.1. The molecule has 130 valence electrons. The molecule has 0 aromatic carbocycles. The summed E-state index contributed by atoms with van der Waals surface area (Å²) < 4.78 is 0. The average Bonchev–Trinajstić information content (AvgIpc) is 3.03. The topological polar surface area (TPSA) is 72.3 Å². The summed E-state index contributed by atoms with van der Waals surface area (Å²) >= 11 is 1.68. The Kier molecular flexibility index (Phi) is 5.36. The molecule has 24 heavy (non-hydrogen) atoms. The van der Waals surface area contributed by atoms with Gasteiger partial charge in [-0.25, -0.2) is 4.98 Å². The first-order valence-electron chi connectivity index (χ1n) is 8.72. The van der Waals surface area contributed by atoms with Crippen molar-refractivity contribution >= 4 is 22.4 Å². The number of carbonyl (C=O) groups is 1. The van der Waals surface area contributed by atoms with Gasteiger partial charge in [-0.2, -0.15) is 5.26 Å². The van der Waals surface area contributed by atoms with Crippen LogP contribution in [-0.4, -0.2) is 54.1 Å². The molecule has 0 unspecified atom stereocenters. The third-order valence-electron chi connectivity index (χ3n) is 4.92. The van der Waals surface area contributed by atoms with E-state index in [1.165, 1.54) is 0 Å². The summed E-state index contributed by atoms with van der Waals surface area (Å²) in [4.78, 5) is 21.3.